The molecule has 1 fully saturated rings. The molecule has 1 aliphatic carbocycles. The molecular weight excluding hydrogens is 354 g/mol. The number of terminal acetylenes is 1. The standard InChI is InChI=1S/C22H25N3O3/c1-2-15-24(18-9-5-3-6-10-18)22(27)20-13-14-21(26)25(23-20)16-17-28-19-11-7-4-8-12-19/h1,4,7-8,11-14,18H,3,5-6,9-10,15-17H2. The Balaban J connectivity index is 1.70. The van der Waals surface area contributed by atoms with Gasteiger partial charge >= 0.3 is 0 Å². The van der Waals surface area contributed by atoms with E-state index in [2.05, 4.69) is 11.0 Å². The van der Waals surface area contributed by atoms with E-state index in [9.17, 15) is 9.59 Å². The Labute approximate surface area is 165 Å². The van der Waals surface area contributed by atoms with E-state index >= 15 is 0 Å². The van der Waals surface area contributed by atoms with E-state index in [4.69, 9.17) is 11.2 Å². The molecule has 1 heterocycles. The zero-order valence-corrected chi connectivity index (χ0v) is 15.9. The molecule has 1 aromatic carbocycles. The highest BCUT2D eigenvalue weighted by atomic mass is 16.5. The zero-order chi connectivity index (χ0) is 19.8. The molecule has 0 N–H and O–H groups in total. The van der Waals surface area contributed by atoms with Crippen molar-refractivity contribution in [2.45, 2.75) is 44.7 Å². The van der Waals surface area contributed by atoms with Crippen molar-refractivity contribution in [1.29, 1.82) is 0 Å². The Bertz CT molecular complexity index is 880. The molecule has 1 amide bonds. The molecule has 1 saturated carbocycles. The molecule has 0 atom stereocenters. The van der Waals surface area contributed by atoms with Crippen LogP contribution in [0.1, 0.15) is 42.6 Å². The van der Waals surface area contributed by atoms with Crippen molar-refractivity contribution in [3.63, 3.8) is 0 Å². The molecule has 0 radical (unpaired) electrons. The number of benzene rings is 1. The lowest BCUT2D eigenvalue weighted by molar-refractivity contribution is 0.0658. The van der Waals surface area contributed by atoms with Crippen LogP contribution >= 0.6 is 0 Å². The van der Waals surface area contributed by atoms with E-state index in [1.54, 1.807) is 4.90 Å². The first kappa shape index (κ1) is 19.7. The summed E-state index contributed by atoms with van der Waals surface area (Å²) >= 11 is 0. The lowest BCUT2D eigenvalue weighted by atomic mass is 9.94. The van der Waals surface area contributed by atoms with Crippen molar-refractivity contribution in [3.05, 3.63) is 58.5 Å². The maximum atomic E-state index is 13.0. The van der Waals surface area contributed by atoms with E-state index in [1.807, 2.05) is 30.3 Å². The van der Waals surface area contributed by atoms with Crippen LogP contribution in [0.4, 0.5) is 0 Å². The summed E-state index contributed by atoms with van der Waals surface area (Å²) in [7, 11) is 0. The van der Waals surface area contributed by atoms with Crippen LogP contribution in [0, 0.1) is 12.3 Å². The molecule has 0 bridgehead atoms. The third kappa shape index (κ3) is 5.01. The number of rotatable bonds is 7. The Morgan fingerprint density at radius 1 is 1.18 bits per heavy atom. The maximum absolute atomic E-state index is 13.0. The van der Waals surface area contributed by atoms with Gasteiger partial charge in [0.05, 0.1) is 13.1 Å². The third-order valence-corrected chi connectivity index (χ3v) is 4.94. The maximum Gasteiger partial charge on any atom is 0.275 e. The number of carbonyl (C=O) groups excluding carboxylic acids is 1. The van der Waals surface area contributed by atoms with E-state index in [0.29, 0.717) is 0 Å². The first-order valence-electron chi connectivity index (χ1n) is 9.69. The van der Waals surface area contributed by atoms with Gasteiger partial charge in [0.1, 0.15) is 18.1 Å². The average Bonchev–Trinajstić information content (AvgIpc) is 2.74. The highest BCUT2D eigenvalue weighted by molar-refractivity contribution is 5.92. The third-order valence-electron chi connectivity index (χ3n) is 4.94. The summed E-state index contributed by atoms with van der Waals surface area (Å²) < 4.78 is 6.89. The number of hydrogen-bond donors (Lipinski definition) is 0. The minimum atomic E-state index is -0.269. The number of aromatic nitrogens is 2. The van der Waals surface area contributed by atoms with Crippen LogP contribution in [0.3, 0.4) is 0 Å². The van der Waals surface area contributed by atoms with E-state index in [0.717, 1.165) is 31.4 Å². The molecule has 0 unspecified atom stereocenters. The van der Waals surface area contributed by atoms with Crippen molar-refractivity contribution in [3.8, 4) is 18.1 Å². The van der Waals surface area contributed by atoms with E-state index in [1.165, 1.54) is 23.2 Å². The second kappa shape index (κ2) is 9.75. The fourth-order valence-corrected chi connectivity index (χ4v) is 3.49. The SMILES string of the molecule is C#CCN(C(=O)c1ccc(=O)n(CCOc2ccccc2)n1)C1CCCCC1. The predicted octanol–water partition coefficient (Wildman–Crippen LogP) is 2.73. The largest absolute Gasteiger partial charge is 0.492 e. The average molecular weight is 379 g/mol. The van der Waals surface area contributed by atoms with Crippen molar-refractivity contribution in [2.75, 3.05) is 13.2 Å². The normalized spacial score (nSPS) is 14.2. The zero-order valence-electron chi connectivity index (χ0n) is 15.9. The molecule has 0 aliphatic heterocycles. The topological polar surface area (TPSA) is 64.4 Å². The van der Waals surface area contributed by atoms with Gasteiger partial charge in [-0.1, -0.05) is 43.4 Å². The second-order valence-corrected chi connectivity index (χ2v) is 6.87. The van der Waals surface area contributed by atoms with E-state index < -0.39 is 0 Å². The molecule has 1 aliphatic rings. The van der Waals surface area contributed by atoms with Gasteiger partial charge in [0.15, 0.2) is 0 Å². The van der Waals surface area contributed by atoms with Crippen LogP contribution in [0.25, 0.3) is 0 Å². The first-order chi connectivity index (χ1) is 13.7. The van der Waals surface area contributed by atoms with Crippen LogP contribution in [0.2, 0.25) is 0 Å². The van der Waals surface area contributed by atoms with Crippen molar-refractivity contribution in [2.24, 2.45) is 0 Å². The van der Waals surface area contributed by atoms with Gasteiger partial charge in [0.25, 0.3) is 11.5 Å². The van der Waals surface area contributed by atoms with Crippen LogP contribution in [-0.4, -0.2) is 39.8 Å². The molecule has 146 valence electrons. The predicted molar refractivity (Wildman–Crippen MR) is 107 cm³/mol. The molecule has 6 heteroatoms. The molecule has 28 heavy (non-hydrogen) atoms. The molecule has 3 rings (SSSR count). The summed E-state index contributed by atoms with van der Waals surface area (Å²) in [5.74, 6) is 3.09. The molecule has 0 spiro atoms. The summed E-state index contributed by atoms with van der Waals surface area (Å²) in [6, 6.07) is 12.3. The van der Waals surface area contributed by atoms with Crippen molar-refractivity contribution in [1.82, 2.24) is 14.7 Å². The van der Waals surface area contributed by atoms with Crippen molar-refractivity contribution < 1.29 is 9.53 Å². The van der Waals surface area contributed by atoms with Gasteiger partial charge in [0, 0.05) is 12.1 Å². The Hall–Kier alpha value is -3.07. The van der Waals surface area contributed by atoms with Gasteiger partial charge in [0.2, 0.25) is 0 Å². The number of para-hydroxylation sites is 1. The minimum Gasteiger partial charge on any atom is -0.492 e. The number of ether oxygens (including phenoxy) is 1. The van der Waals surface area contributed by atoms with Crippen LogP contribution in [0.5, 0.6) is 5.75 Å². The first-order valence-corrected chi connectivity index (χ1v) is 9.69. The van der Waals surface area contributed by atoms with Crippen LogP contribution < -0.4 is 10.3 Å². The molecule has 0 saturated heterocycles. The van der Waals surface area contributed by atoms with Gasteiger partial charge in [-0.3, -0.25) is 9.59 Å². The highest BCUT2D eigenvalue weighted by Crippen LogP contribution is 2.23. The van der Waals surface area contributed by atoms with E-state index in [-0.39, 0.29) is 42.9 Å². The minimum absolute atomic E-state index is 0.140. The second-order valence-electron chi connectivity index (χ2n) is 6.87. The van der Waals surface area contributed by atoms with Crippen molar-refractivity contribution >= 4 is 5.91 Å². The Morgan fingerprint density at radius 3 is 2.64 bits per heavy atom. The number of hydrogen-bond acceptors (Lipinski definition) is 4. The fraction of sp³-hybridized carbons (Fsp3) is 0.409. The highest BCUT2D eigenvalue weighted by Gasteiger charge is 2.26. The smallest absolute Gasteiger partial charge is 0.275 e. The summed E-state index contributed by atoms with van der Waals surface area (Å²) in [4.78, 5) is 26.9. The molecule has 1 aromatic heterocycles. The van der Waals surface area contributed by atoms with Gasteiger partial charge in [-0.05, 0) is 31.0 Å². The molecule has 2 aromatic rings. The lowest BCUT2D eigenvalue weighted by Gasteiger charge is -2.32. The Kier molecular flexibility index (Phi) is 6.85. The van der Waals surface area contributed by atoms with Gasteiger partial charge in [-0.25, -0.2) is 4.68 Å². The van der Waals surface area contributed by atoms with Gasteiger partial charge < -0.3 is 9.64 Å². The Morgan fingerprint density at radius 2 is 1.93 bits per heavy atom. The lowest BCUT2D eigenvalue weighted by Crippen LogP contribution is -2.42. The number of carbonyl (C=O) groups is 1. The molecular formula is C22H25N3O3. The van der Waals surface area contributed by atoms with Gasteiger partial charge in [-0.15, -0.1) is 6.42 Å². The summed E-state index contributed by atoms with van der Waals surface area (Å²) in [5, 5.41) is 4.27. The van der Waals surface area contributed by atoms with Crippen LogP contribution in [-0.2, 0) is 6.54 Å². The quantitative estimate of drug-likeness (QED) is 0.694. The van der Waals surface area contributed by atoms with Gasteiger partial charge in [-0.2, -0.15) is 5.10 Å². The summed E-state index contributed by atoms with van der Waals surface area (Å²) in [6.45, 7) is 0.792. The summed E-state index contributed by atoms with van der Waals surface area (Å²) in [5.41, 5.74) is -0.0329. The summed E-state index contributed by atoms with van der Waals surface area (Å²) in [6.07, 6.45) is 10.8. The fourth-order valence-electron chi connectivity index (χ4n) is 3.49. The monoisotopic (exact) mass is 379 g/mol. The number of nitrogens with zero attached hydrogens (tertiary/aromatic N) is 3. The number of amides is 1. The molecule has 6 nitrogen and oxygen atoms in total. The van der Waals surface area contributed by atoms with Crippen LogP contribution in [0.15, 0.2) is 47.3 Å².